The zero-order valence-corrected chi connectivity index (χ0v) is 12.3. The Hall–Kier alpha value is -2.14. The van der Waals surface area contributed by atoms with Crippen LogP contribution < -0.4 is 5.32 Å². The molecule has 2 heterocycles. The van der Waals surface area contributed by atoms with Crippen molar-refractivity contribution in [3.05, 3.63) is 59.0 Å². The van der Waals surface area contributed by atoms with Crippen molar-refractivity contribution in [2.24, 2.45) is 5.92 Å². The molecule has 1 aliphatic rings. The van der Waals surface area contributed by atoms with Crippen molar-refractivity contribution in [1.82, 2.24) is 15.0 Å². The lowest BCUT2D eigenvalue weighted by molar-refractivity contribution is 0.688. The van der Waals surface area contributed by atoms with E-state index in [2.05, 4.69) is 51.3 Å². The molecule has 0 bridgehead atoms. The summed E-state index contributed by atoms with van der Waals surface area (Å²) in [6.45, 7) is 0. The molecule has 0 spiro atoms. The number of benzene rings is 1. The molecular weight excluding hydrogens is 280 g/mol. The van der Waals surface area contributed by atoms with E-state index in [1.54, 1.807) is 10.9 Å². The topological polar surface area (TPSA) is 42.7 Å². The van der Waals surface area contributed by atoms with E-state index in [9.17, 15) is 0 Å². The van der Waals surface area contributed by atoms with E-state index in [0.29, 0.717) is 6.04 Å². The van der Waals surface area contributed by atoms with Gasteiger partial charge in [0.2, 0.25) is 0 Å². The fraction of sp³-hybridized carbons (Fsp3) is 0.250. The number of nitrogens with one attached hydrogen (secondary N) is 1. The Balaban J connectivity index is 1.67. The summed E-state index contributed by atoms with van der Waals surface area (Å²) in [5.41, 5.74) is 2.14. The Labute approximate surface area is 127 Å². The highest BCUT2D eigenvalue weighted by Crippen LogP contribution is 2.44. The number of anilines is 1. The van der Waals surface area contributed by atoms with Gasteiger partial charge in [0.05, 0.1) is 29.8 Å². The zero-order valence-electron chi connectivity index (χ0n) is 11.5. The number of hydrogen-bond donors (Lipinski definition) is 1. The molecular formula is C16H16N4S. The van der Waals surface area contributed by atoms with Gasteiger partial charge >= 0.3 is 0 Å². The SMILES string of the molecule is c1csc(C(Nc2ccccc2-n2ccnn2)C2CC2)c1. The van der Waals surface area contributed by atoms with Crippen LogP contribution in [0.1, 0.15) is 23.8 Å². The molecule has 1 aromatic carbocycles. The van der Waals surface area contributed by atoms with E-state index < -0.39 is 0 Å². The van der Waals surface area contributed by atoms with E-state index in [0.717, 1.165) is 17.3 Å². The van der Waals surface area contributed by atoms with Gasteiger partial charge in [-0.1, -0.05) is 23.4 Å². The van der Waals surface area contributed by atoms with Gasteiger partial charge in [0.15, 0.2) is 0 Å². The van der Waals surface area contributed by atoms with E-state index in [1.165, 1.54) is 17.7 Å². The Morgan fingerprint density at radius 3 is 2.81 bits per heavy atom. The fourth-order valence-electron chi connectivity index (χ4n) is 2.62. The van der Waals surface area contributed by atoms with E-state index >= 15 is 0 Å². The number of rotatable bonds is 5. The normalized spacial score (nSPS) is 15.8. The molecule has 0 aliphatic heterocycles. The van der Waals surface area contributed by atoms with Crippen molar-refractivity contribution >= 4 is 17.0 Å². The summed E-state index contributed by atoms with van der Waals surface area (Å²) in [4.78, 5) is 1.41. The smallest absolute Gasteiger partial charge is 0.0894 e. The molecule has 1 fully saturated rings. The maximum Gasteiger partial charge on any atom is 0.0894 e. The highest BCUT2D eigenvalue weighted by atomic mass is 32.1. The lowest BCUT2D eigenvalue weighted by Crippen LogP contribution is -2.13. The van der Waals surface area contributed by atoms with Gasteiger partial charge in [0.1, 0.15) is 0 Å². The Kier molecular flexibility index (Phi) is 3.20. The lowest BCUT2D eigenvalue weighted by atomic mass is 10.1. The largest absolute Gasteiger partial charge is 0.375 e. The Morgan fingerprint density at radius 1 is 1.19 bits per heavy atom. The molecule has 0 radical (unpaired) electrons. The molecule has 21 heavy (non-hydrogen) atoms. The van der Waals surface area contributed by atoms with Crippen LogP contribution >= 0.6 is 11.3 Å². The third-order valence-corrected chi connectivity index (χ3v) is 4.78. The number of nitrogens with zero attached hydrogens (tertiary/aromatic N) is 3. The summed E-state index contributed by atoms with van der Waals surface area (Å²) in [6, 6.07) is 13.0. The first kappa shape index (κ1) is 12.6. The molecule has 106 valence electrons. The number of thiophene rings is 1. The lowest BCUT2D eigenvalue weighted by Gasteiger charge is -2.20. The van der Waals surface area contributed by atoms with Gasteiger partial charge in [0, 0.05) is 4.88 Å². The standard InChI is InChI=1S/C16H16N4S/c1-2-5-14(20-10-9-17-19-20)13(4-1)18-16(12-7-8-12)15-6-3-11-21-15/h1-6,9-12,16,18H,7-8H2. The van der Waals surface area contributed by atoms with Crippen LogP contribution in [-0.4, -0.2) is 15.0 Å². The molecule has 4 rings (SSSR count). The number of para-hydroxylation sites is 2. The average Bonchev–Trinajstić information content (AvgIpc) is 3.01. The Bertz CT molecular complexity index is 702. The molecule has 1 N–H and O–H groups in total. The van der Waals surface area contributed by atoms with E-state index in [1.807, 2.05) is 23.6 Å². The molecule has 2 aromatic heterocycles. The molecule has 3 aromatic rings. The third-order valence-electron chi connectivity index (χ3n) is 3.83. The first-order valence-corrected chi connectivity index (χ1v) is 8.05. The van der Waals surface area contributed by atoms with Crippen LogP contribution in [0.5, 0.6) is 0 Å². The maximum absolute atomic E-state index is 4.11. The highest BCUT2D eigenvalue weighted by Gasteiger charge is 2.33. The van der Waals surface area contributed by atoms with Crippen molar-refractivity contribution in [2.45, 2.75) is 18.9 Å². The van der Waals surface area contributed by atoms with Crippen molar-refractivity contribution < 1.29 is 0 Å². The van der Waals surface area contributed by atoms with Crippen LogP contribution in [0.15, 0.2) is 54.2 Å². The van der Waals surface area contributed by atoms with E-state index in [-0.39, 0.29) is 0 Å². The van der Waals surface area contributed by atoms with Crippen molar-refractivity contribution in [1.29, 1.82) is 0 Å². The van der Waals surface area contributed by atoms with Gasteiger partial charge in [-0.15, -0.1) is 16.4 Å². The minimum absolute atomic E-state index is 0.398. The van der Waals surface area contributed by atoms with Crippen LogP contribution in [0.4, 0.5) is 5.69 Å². The summed E-state index contributed by atoms with van der Waals surface area (Å²) in [7, 11) is 0. The Morgan fingerprint density at radius 2 is 2.10 bits per heavy atom. The van der Waals surface area contributed by atoms with Crippen LogP contribution in [0.25, 0.3) is 5.69 Å². The summed E-state index contributed by atoms with van der Waals surface area (Å²) in [6.07, 6.45) is 6.19. The first-order valence-electron chi connectivity index (χ1n) is 7.17. The second-order valence-electron chi connectivity index (χ2n) is 5.34. The predicted molar refractivity (Wildman–Crippen MR) is 84.8 cm³/mol. The highest BCUT2D eigenvalue weighted by molar-refractivity contribution is 7.10. The molecule has 0 saturated heterocycles. The van der Waals surface area contributed by atoms with Crippen LogP contribution in [0, 0.1) is 5.92 Å². The summed E-state index contributed by atoms with van der Waals surface area (Å²) in [5.74, 6) is 0.743. The van der Waals surface area contributed by atoms with Gasteiger partial charge in [-0.3, -0.25) is 0 Å². The monoisotopic (exact) mass is 296 g/mol. The van der Waals surface area contributed by atoms with Gasteiger partial charge in [-0.25, -0.2) is 4.68 Å². The minimum Gasteiger partial charge on any atom is -0.375 e. The summed E-state index contributed by atoms with van der Waals surface area (Å²) >= 11 is 1.82. The van der Waals surface area contributed by atoms with Gasteiger partial charge < -0.3 is 5.32 Å². The quantitative estimate of drug-likeness (QED) is 0.776. The van der Waals surface area contributed by atoms with Crippen LogP contribution in [-0.2, 0) is 0 Å². The number of hydrogen-bond acceptors (Lipinski definition) is 4. The predicted octanol–water partition coefficient (Wildman–Crippen LogP) is 3.89. The maximum atomic E-state index is 4.11. The van der Waals surface area contributed by atoms with E-state index in [4.69, 9.17) is 0 Å². The second kappa shape index (κ2) is 5.33. The summed E-state index contributed by atoms with van der Waals surface area (Å²) in [5, 5.41) is 13.9. The van der Waals surface area contributed by atoms with Crippen LogP contribution in [0.3, 0.4) is 0 Å². The molecule has 1 aliphatic carbocycles. The molecule has 1 unspecified atom stereocenters. The second-order valence-corrected chi connectivity index (χ2v) is 6.32. The number of aromatic nitrogens is 3. The third kappa shape index (κ3) is 2.56. The van der Waals surface area contributed by atoms with Gasteiger partial charge in [-0.2, -0.15) is 0 Å². The first-order chi connectivity index (χ1) is 10.4. The van der Waals surface area contributed by atoms with Crippen molar-refractivity contribution in [3.63, 3.8) is 0 Å². The molecule has 1 saturated carbocycles. The van der Waals surface area contributed by atoms with Crippen LogP contribution in [0.2, 0.25) is 0 Å². The fourth-order valence-corrected chi connectivity index (χ4v) is 3.49. The molecule has 5 heteroatoms. The zero-order chi connectivity index (χ0) is 14.1. The van der Waals surface area contributed by atoms with Crippen molar-refractivity contribution in [3.8, 4) is 5.69 Å². The minimum atomic E-state index is 0.398. The van der Waals surface area contributed by atoms with Gasteiger partial charge in [-0.05, 0) is 42.3 Å². The van der Waals surface area contributed by atoms with Gasteiger partial charge in [0.25, 0.3) is 0 Å². The molecule has 4 nitrogen and oxygen atoms in total. The average molecular weight is 296 g/mol. The van der Waals surface area contributed by atoms with Crippen molar-refractivity contribution in [2.75, 3.05) is 5.32 Å². The summed E-state index contributed by atoms with van der Waals surface area (Å²) < 4.78 is 1.81. The molecule has 0 amide bonds. The molecule has 1 atom stereocenters.